The van der Waals surface area contributed by atoms with E-state index in [0.717, 1.165) is 0 Å². The highest BCUT2D eigenvalue weighted by Crippen LogP contribution is 2.27. The van der Waals surface area contributed by atoms with Crippen LogP contribution < -0.4 is 0 Å². The third-order valence-corrected chi connectivity index (χ3v) is 12.2. The van der Waals surface area contributed by atoms with Crippen LogP contribution in [0, 0.1) is 0 Å². The van der Waals surface area contributed by atoms with Gasteiger partial charge in [0.1, 0.15) is 13.1 Å². The maximum Gasteiger partial charge on any atom is 0.104 e. The van der Waals surface area contributed by atoms with Crippen molar-refractivity contribution in [3.8, 4) is 11.1 Å². The van der Waals surface area contributed by atoms with Crippen LogP contribution in [0.4, 0.5) is 0 Å². The second kappa shape index (κ2) is 29.7. The Kier molecular flexibility index (Phi) is 26.6. The highest BCUT2D eigenvalue weighted by atomic mass is 15.4. The van der Waals surface area contributed by atoms with Crippen LogP contribution in [-0.4, -0.2) is 48.2 Å². The largest absolute Gasteiger partial charge is 0.320 e. The van der Waals surface area contributed by atoms with Gasteiger partial charge in [-0.2, -0.15) is 0 Å². The third-order valence-electron chi connectivity index (χ3n) is 12.2. The first-order valence-electron chi connectivity index (χ1n) is 23.4. The maximum absolute atomic E-state index is 2.48. The summed E-state index contributed by atoms with van der Waals surface area (Å²) in [5.74, 6) is 0. The Bertz CT molecular complexity index is 920. The fraction of sp³-hybridized carbons (Fsp3) is 0.760. The molecule has 0 bridgehead atoms. The number of quaternary nitrogens is 2. The monoisotopic (exact) mass is 719 g/mol. The van der Waals surface area contributed by atoms with Crippen molar-refractivity contribution in [1.82, 2.24) is 0 Å². The number of benzene rings is 2. The molecule has 2 heteroatoms. The van der Waals surface area contributed by atoms with Gasteiger partial charge < -0.3 is 8.97 Å². The summed E-state index contributed by atoms with van der Waals surface area (Å²) in [6.45, 7) is 24.6. The molecule has 2 rings (SSSR count). The molecule has 0 fully saturated rings. The molecule has 0 aromatic heterocycles. The van der Waals surface area contributed by atoms with Crippen LogP contribution in [0.3, 0.4) is 0 Å². The zero-order valence-electron chi connectivity index (χ0n) is 36.1. The molecule has 0 unspecified atom stereocenters. The Labute approximate surface area is 326 Å². The molecule has 0 saturated heterocycles. The van der Waals surface area contributed by atoms with Crippen molar-refractivity contribution >= 4 is 0 Å². The molecule has 0 heterocycles. The van der Waals surface area contributed by atoms with Gasteiger partial charge in [0.15, 0.2) is 0 Å². The number of unbranched alkanes of at least 4 members (excludes halogenated alkanes) is 18. The van der Waals surface area contributed by atoms with Gasteiger partial charge >= 0.3 is 0 Å². The third kappa shape index (κ3) is 19.6. The Morgan fingerprint density at radius 2 is 0.481 bits per heavy atom. The Morgan fingerprint density at radius 1 is 0.269 bits per heavy atom. The number of nitrogens with zero attached hydrogens (tertiary/aromatic N) is 2. The first kappa shape index (κ1) is 46.5. The van der Waals surface area contributed by atoms with Crippen molar-refractivity contribution in [3.05, 3.63) is 59.7 Å². The fourth-order valence-corrected chi connectivity index (χ4v) is 8.77. The predicted molar refractivity (Wildman–Crippen MR) is 234 cm³/mol. The first-order chi connectivity index (χ1) is 25.5. The standard InChI is InChI=1S/C50H90N2/c1-7-13-19-25-39-51(40-26-20-14-8-2,41-27-21-15-9-3)45-47-31-35-49(36-32-47)50-37-33-48(34-38-50)46-52(42-28-22-16-10-4,43-29-23-17-11-5)44-30-24-18-12-6/h31-38H,7-30,39-46H2,1-6H3/q+2. The van der Waals surface area contributed by atoms with E-state index in [1.54, 1.807) is 0 Å². The average Bonchev–Trinajstić information content (AvgIpc) is 3.16. The lowest BCUT2D eigenvalue weighted by molar-refractivity contribution is -0.941. The lowest BCUT2D eigenvalue weighted by Gasteiger charge is -2.40. The highest BCUT2D eigenvalue weighted by molar-refractivity contribution is 5.63. The van der Waals surface area contributed by atoms with Crippen LogP contribution in [0.2, 0.25) is 0 Å². The summed E-state index contributed by atoms with van der Waals surface area (Å²) in [6.07, 6.45) is 32.9. The summed E-state index contributed by atoms with van der Waals surface area (Å²) >= 11 is 0. The number of hydrogen-bond donors (Lipinski definition) is 0. The predicted octanol–water partition coefficient (Wildman–Crippen LogP) is 15.5. The molecule has 0 radical (unpaired) electrons. The summed E-state index contributed by atoms with van der Waals surface area (Å²) in [7, 11) is 0. The Hall–Kier alpha value is -1.64. The Morgan fingerprint density at radius 3 is 0.673 bits per heavy atom. The van der Waals surface area contributed by atoms with Gasteiger partial charge in [-0.1, -0.05) is 167 Å². The van der Waals surface area contributed by atoms with Crippen molar-refractivity contribution in [3.63, 3.8) is 0 Å². The zero-order chi connectivity index (χ0) is 37.6. The highest BCUT2D eigenvalue weighted by Gasteiger charge is 2.28. The van der Waals surface area contributed by atoms with E-state index in [0.29, 0.717) is 0 Å². The van der Waals surface area contributed by atoms with Crippen molar-refractivity contribution < 1.29 is 8.97 Å². The summed E-state index contributed by atoms with van der Waals surface area (Å²) in [5.41, 5.74) is 5.83. The van der Waals surface area contributed by atoms with Crippen LogP contribution in [0.25, 0.3) is 11.1 Å². The van der Waals surface area contributed by atoms with Gasteiger partial charge in [0.25, 0.3) is 0 Å². The van der Waals surface area contributed by atoms with Crippen molar-refractivity contribution in [1.29, 1.82) is 0 Å². The minimum absolute atomic E-state index is 1.21. The van der Waals surface area contributed by atoms with Crippen molar-refractivity contribution in [2.75, 3.05) is 39.3 Å². The molecule has 298 valence electrons. The van der Waals surface area contributed by atoms with Crippen LogP contribution in [0.5, 0.6) is 0 Å². The maximum atomic E-state index is 2.48. The van der Waals surface area contributed by atoms with E-state index in [-0.39, 0.29) is 0 Å². The van der Waals surface area contributed by atoms with Gasteiger partial charge in [-0.25, -0.2) is 0 Å². The molecule has 0 amide bonds. The molecule has 0 saturated carbocycles. The van der Waals surface area contributed by atoms with E-state index in [9.17, 15) is 0 Å². The Balaban J connectivity index is 2.24. The smallest absolute Gasteiger partial charge is 0.104 e. The van der Waals surface area contributed by atoms with E-state index >= 15 is 0 Å². The summed E-state index contributed by atoms with van der Waals surface area (Å²) in [4.78, 5) is 0. The number of hydrogen-bond acceptors (Lipinski definition) is 0. The van der Waals surface area contributed by atoms with Crippen LogP contribution in [-0.2, 0) is 13.1 Å². The molecular formula is C50H90N2+2. The minimum Gasteiger partial charge on any atom is -0.320 e. The zero-order valence-corrected chi connectivity index (χ0v) is 36.1. The molecule has 2 nitrogen and oxygen atoms in total. The molecule has 2 aromatic carbocycles. The quantitative estimate of drug-likeness (QED) is 0.0492. The van der Waals surface area contributed by atoms with E-state index in [1.807, 2.05) is 0 Å². The molecule has 0 spiro atoms. The molecule has 0 aliphatic carbocycles. The normalized spacial score (nSPS) is 12.2. The topological polar surface area (TPSA) is 0 Å². The summed E-state index contributed by atoms with van der Waals surface area (Å²) in [5, 5.41) is 0. The second-order valence-corrected chi connectivity index (χ2v) is 17.1. The van der Waals surface area contributed by atoms with Crippen LogP contribution in [0.1, 0.15) is 207 Å². The van der Waals surface area contributed by atoms with Gasteiger partial charge in [-0.05, 0) is 88.2 Å². The van der Waals surface area contributed by atoms with Crippen LogP contribution in [0.15, 0.2) is 48.5 Å². The van der Waals surface area contributed by atoms with E-state index < -0.39 is 0 Å². The summed E-state index contributed by atoms with van der Waals surface area (Å²) < 4.78 is 2.61. The SMILES string of the molecule is CCCCCC[N+](CCCCCC)(CCCCCC)Cc1ccc(-c2ccc(C[N+](CCCCCC)(CCCCCC)CCCCCC)cc2)cc1. The molecule has 52 heavy (non-hydrogen) atoms. The van der Waals surface area contributed by atoms with E-state index in [1.165, 1.54) is 238 Å². The summed E-state index contributed by atoms with van der Waals surface area (Å²) in [6, 6.07) is 19.6. The molecule has 0 aliphatic heterocycles. The first-order valence-corrected chi connectivity index (χ1v) is 23.4. The van der Waals surface area contributed by atoms with Gasteiger partial charge in [-0.3, -0.25) is 0 Å². The molecular weight excluding hydrogens is 629 g/mol. The molecule has 2 aromatic rings. The van der Waals surface area contributed by atoms with Gasteiger partial charge in [0.05, 0.1) is 39.3 Å². The van der Waals surface area contributed by atoms with Crippen molar-refractivity contribution in [2.24, 2.45) is 0 Å². The van der Waals surface area contributed by atoms with E-state index in [4.69, 9.17) is 0 Å². The molecule has 0 aliphatic rings. The lowest BCUT2D eigenvalue weighted by Crippen LogP contribution is -2.49. The van der Waals surface area contributed by atoms with E-state index in [2.05, 4.69) is 90.1 Å². The average molecular weight is 719 g/mol. The van der Waals surface area contributed by atoms with Gasteiger partial charge in [0.2, 0.25) is 0 Å². The van der Waals surface area contributed by atoms with Gasteiger partial charge in [-0.15, -0.1) is 0 Å². The number of rotatable bonds is 35. The lowest BCUT2D eigenvalue weighted by atomic mass is 10.0. The van der Waals surface area contributed by atoms with Crippen molar-refractivity contribution in [2.45, 2.75) is 209 Å². The molecule has 0 N–H and O–H groups in total. The van der Waals surface area contributed by atoms with Gasteiger partial charge in [0, 0.05) is 11.1 Å². The second-order valence-electron chi connectivity index (χ2n) is 17.1. The molecule has 0 atom stereocenters. The minimum atomic E-state index is 1.21. The fourth-order valence-electron chi connectivity index (χ4n) is 8.77. The van der Waals surface area contributed by atoms with Crippen LogP contribution >= 0.6 is 0 Å².